The van der Waals surface area contributed by atoms with Gasteiger partial charge in [0.15, 0.2) is 5.69 Å². The number of amides is 2. The first kappa shape index (κ1) is 27.3. The van der Waals surface area contributed by atoms with E-state index in [2.05, 4.69) is 48.4 Å². The number of rotatable bonds is 7. The smallest absolute Gasteiger partial charge is 0.337 e. The number of aromatic amines is 1. The molecule has 184 valence electrons. The van der Waals surface area contributed by atoms with E-state index in [0.717, 1.165) is 15.6 Å². The van der Waals surface area contributed by atoms with Crippen molar-refractivity contribution in [3.8, 4) is 0 Å². The molecule has 0 bridgehead atoms. The normalized spacial score (nSPS) is 9.89. The van der Waals surface area contributed by atoms with Gasteiger partial charge in [-0.25, -0.2) is 9.78 Å². The van der Waals surface area contributed by atoms with Crippen LogP contribution in [-0.2, 0) is 4.74 Å². The second-order valence-electron chi connectivity index (χ2n) is 7.12. The van der Waals surface area contributed by atoms with Gasteiger partial charge in [0.25, 0.3) is 11.8 Å². The number of carbonyl (C=O) groups excluding carboxylic acids is 3. The average Bonchev–Trinajstić information content (AvgIpc) is 3.34. The van der Waals surface area contributed by atoms with Crippen LogP contribution in [0.3, 0.4) is 0 Å². The Hall–Kier alpha value is -3.92. The van der Waals surface area contributed by atoms with Gasteiger partial charge in [-0.05, 0) is 49.2 Å². The number of methoxy groups -OCH3 is 1. The van der Waals surface area contributed by atoms with Crippen molar-refractivity contribution in [3.63, 3.8) is 0 Å². The third kappa shape index (κ3) is 7.03. The number of ether oxygens (including phenoxy) is 1. The van der Waals surface area contributed by atoms with E-state index < -0.39 is 17.8 Å². The van der Waals surface area contributed by atoms with Crippen LogP contribution in [0, 0.1) is 13.8 Å². The fourth-order valence-electron chi connectivity index (χ4n) is 2.94. The molecule has 0 atom stereocenters. The second kappa shape index (κ2) is 12.5. The Bertz CT molecular complexity index is 1250. The molecule has 35 heavy (non-hydrogen) atoms. The molecule has 2 amide bonds. The summed E-state index contributed by atoms with van der Waals surface area (Å²) in [6.07, 6.45) is 1.26. The van der Waals surface area contributed by atoms with Gasteiger partial charge in [-0.3, -0.25) is 9.59 Å². The number of aryl methyl sites for hydroxylation is 2. The van der Waals surface area contributed by atoms with E-state index in [9.17, 15) is 14.4 Å². The van der Waals surface area contributed by atoms with E-state index >= 15 is 0 Å². The summed E-state index contributed by atoms with van der Waals surface area (Å²) in [7, 11) is 1.30. The molecule has 0 saturated carbocycles. The molecule has 0 spiro atoms. The summed E-state index contributed by atoms with van der Waals surface area (Å²) in [5.74, 6) is -1.49. The first-order valence-corrected chi connectivity index (χ1v) is 11.6. The van der Waals surface area contributed by atoms with Crippen LogP contribution in [0.25, 0.3) is 0 Å². The molecular formula is C25H28BrN5O4. The zero-order valence-electron chi connectivity index (χ0n) is 20.2. The molecule has 1 heterocycles. The summed E-state index contributed by atoms with van der Waals surface area (Å²) in [5, 5.41) is 8.29. The number of imidazole rings is 1. The predicted molar refractivity (Wildman–Crippen MR) is 140 cm³/mol. The minimum Gasteiger partial charge on any atom is -0.465 e. The largest absolute Gasteiger partial charge is 0.465 e. The molecule has 0 fully saturated rings. The fourth-order valence-corrected chi connectivity index (χ4v) is 3.31. The number of H-pyrrole nitrogens is 1. The van der Waals surface area contributed by atoms with Gasteiger partial charge in [-0.1, -0.05) is 48.5 Å². The third-order valence-electron chi connectivity index (χ3n) is 4.74. The van der Waals surface area contributed by atoms with Crippen molar-refractivity contribution in [2.45, 2.75) is 27.7 Å². The summed E-state index contributed by atoms with van der Waals surface area (Å²) in [4.78, 5) is 44.0. The second-order valence-corrected chi connectivity index (χ2v) is 8.03. The van der Waals surface area contributed by atoms with Crippen LogP contribution in [0.1, 0.15) is 56.3 Å². The zero-order valence-corrected chi connectivity index (χ0v) is 21.8. The Labute approximate surface area is 212 Å². The summed E-state index contributed by atoms with van der Waals surface area (Å²) < 4.78 is 5.53. The van der Waals surface area contributed by atoms with Gasteiger partial charge in [0, 0.05) is 15.8 Å². The minimum absolute atomic E-state index is 0.0249. The van der Waals surface area contributed by atoms with Gasteiger partial charge in [-0.2, -0.15) is 0 Å². The highest BCUT2D eigenvalue weighted by molar-refractivity contribution is 9.10. The van der Waals surface area contributed by atoms with Crippen LogP contribution in [0.2, 0.25) is 0 Å². The highest BCUT2D eigenvalue weighted by Crippen LogP contribution is 2.22. The molecule has 0 radical (unpaired) electrons. The fraction of sp³-hybridized carbons (Fsp3) is 0.200. The summed E-state index contributed by atoms with van der Waals surface area (Å²) in [5.41, 5.74) is 3.10. The third-order valence-corrected chi connectivity index (χ3v) is 5.23. The number of carbonyl (C=O) groups is 3. The van der Waals surface area contributed by atoms with Crippen LogP contribution in [0.5, 0.6) is 0 Å². The van der Waals surface area contributed by atoms with Gasteiger partial charge in [0.05, 0.1) is 19.0 Å². The van der Waals surface area contributed by atoms with Crippen molar-refractivity contribution >= 4 is 45.1 Å². The SMILES string of the molecule is C=C(NC(=O)c1[nH]cnc1C(=O)Nc1cc(Br)ccc1C)Nc1cc(C(=O)OC)ccc1C.CC. The molecule has 0 aliphatic rings. The molecule has 9 nitrogen and oxygen atoms in total. The molecule has 0 unspecified atom stereocenters. The molecule has 2 aromatic carbocycles. The number of aromatic nitrogens is 2. The summed E-state index contributed by atoms with van der Waals surface area (Å²) >= 11 is 3.37. The van der Waals surface area contributed by atoms with Gasteiger partial charge in [-0.15, -0.1) is 0 Å². The molecule has 4 N–H and O–H groups in total. The summed E-state index contributed by atoms with van der Waals surface area (Å²) in [6.45, 7) is 11.5. The monoisotopic (exact) mass is 541 g/mol. The Kier molecular flexibility index (Phi) is 9.77. The maximum Gasteiger partial charge on any atom is 0.337 e. The number of hydrogen-bond acceptors (Lipinski definition) is 6. The van der Waals surface area contributed by atoms with Crippen LogP contribution in [0.4, 0.5) is 11.4 Å². The van der Waals surface area contributed by atoms with E-state index in [-0.39, 0.29) is 17.2 Å². The Morgan fingerprint density at radius 3 is 2.26 bits per heavy atom. The first-order chi connectivity index (χ1) is 16.7. The first-order valence-electron chi connectivity index (χ1n) is 10.8. The number of hydrogen-bond donors (Lipinski definition) is 4. The van der Waals surface area contributed by atoms with Crippen LogP contribution in [-0.4, -0.2) is 34.9 Å². The highest BCUT2D eigenvalue weighted by atomic mass is 79.9. The predicted octanol–water partition coefficient (Wildman–Crippen LogP) is 5.17. The quantitative estimate of drug-likeness (QED) is 0.306. The lowest BCUT2D eigenvalue weighted by atomic mass is 10.1. The molecular weight excluding hydrogens is 514 g/mol. The van der Waals surface area contributed by atoms with E-state index in [0.29, 0.717) is 16.9 Å². The van der Waals surface area contributed by atoms with E-state index in [4.69, 9.17) is 4.74 Å². The Morgan fingerprint density at radius 2 is 1.60 bits per heavy atom. The number of nitrogens with one attached hydrogen (secondary N) is 4. The van der Waals surface area contributed by atoms with Gasteiger partial charge in [0.2, 0.25) is 0 Å². The van der Waals surface area contributed by atoms with Crippen molar-refractivity contribution in [1.82, 2.24) is 15.3 Å². The number of benzene rings is 2. The van der Waals surface area contributed by atoms with Crippen LogP contribution < -0.4 is 16.0 Å². The van der Waals surface area contributed by atoms with Crippen LogP contribution in [0.15, 0.2) is 59.6 Å². The molecule has 10 heteroatoms. The van der Waals surface area contributed by atoms with Gasteiger partial charge in [0.1, 0.15) is 11.5 Å². The van der Waals surface area contributed by atoms with E-state index in [1.165, 1.54) is 13.4 Å². The standard InChI is InChI=1S/C23H22BrN5O4.C2H6/c1-12-5-7-15(23(32)33-4)9-17(12)27-14(3)28-21(30)19-20(26-11-25-19)22(31)29-18-10-16(24)8-6-13(18)2;1-2/h5-11,27H,3H2,1-2,4H3,(H,25,26)(H,28,30)(H,29,31);1-2H3. The number of anilines is 2. The van der Waals surface area contributed by atoms with Crippen molar-refractivity contribution in [2.24, 2.45) is 0 Å². The highest BCUT2D eigenvalue weighted by Gasteiger charge is 2.21. The van der Waals surface area contributed by atoms with E-state index in [1.807, 2.05) is 39.8 Å². The Morgan fingerprint density at radius 1 is 0.971 bits per heavy atom. The molecule has 0 aliphatic heterocycles. The lowest BCUT2D eigenvalue weighted by Crippen LogP contribution is -2.29. The van der Waals surface area contributed by atoms with Crippen molar-refractivity contribution in [1.29, 1.82) is 0 Å². The molecule has 0 saturated heterocycles. The minimum atomic E-state index is -0.608. The molecule has 0 aliphatic carbocycles. The van der Waals surface area contributed by atoms with Gasteiger partial charge < -0.3 is 25.7 Å². The van der Waals surface area contributed by atoms with Gasteiger partial charge >= 0.3 is 5.97 Å². The average molecular weight is 542 g/mol. The molecule has 1 aromatic heterocycles. The van der Waals surface area contributed by atoms with Crippen molar-refractivity contribution < 1.29 is 19.1 Å². The Balaban J connectivity index is 0.00000210. The molecule has 3 aromatic rings. The lowest BCUT2D eigenvalue weighted by Gasteiger charge is -2.14. The molecule has 3 rings (SSSR count). The summed E-state index contributed by atoms with van der Waals surface area (Å²) in [6, 6.07) is 10.4. The number of halogens is 1. The maximum atomic E-state index is 12.8. The van der Waals surface area contributed by atoms with Crippen LogP contribution >= 0.6 is 15.9 Å². The number of nitrogens with zero attached hydrogens (tertiary/aromatic N) is 1. The maximum absolute atomic E-state index is 12.8. The lowest BCUT2D eigenvalue weighted by molar-refractivity contribution is 0.0600. The number of esters is 1. The van der Waals surface area contributed by atoms with E-state index in [1.54, 1.807) is 24.3 Å². The van der Waals surface area contributed by atoms with Crippen molar-refractivity contribution in [2.75, 3.05) is 17.7 Å². The van der Waals surface area contributed by atoms with Crippen molar-refractivity contribution in [3.05, 3.63) is 87.7 Å². The topological polar surface area (TPSA) is 125 Å². The zero-order chi connectivity index (χ0) is 26.1.